The molecule has 4 atom stereocenters. The molecular formula is C19H33N7O7. The van der Waals surface area contributed by atoms with Gasteiger partial charge in [0, 0.05) is 19.5 Å². The van der Waals surface area contributed by atoms with Crippen LogP contribution in [0.4, 0.5) is 0 Å². The Balaban J connectivity index is 2.92. The molecule has 33 heavy (non-hydrogen) atoms. The summed E-state index contributed by atoms with van der Waals surface area (Å²) in [5, 5.41) is 22.7. The van der Waals surface area contributed by atoms with E-state index in [1.807, 2.05) is 0 Å². The van der Waals surface area contributed by atoms with E-state index in [4.69, 9.17) is 27.4 Å². The van der Waals surface area contributed by atoms with Crippen LogP contribution in [0.3, 0.4) is 0 Å². The van der Waals surface area contributed by atoms with Gasteiger partial charge in [-0.25, -0.2) is 0 Å². The summed E-state index contributed by atoms with van der Waals surface area (Å²) in [4.78, 5) is 65.1. The largest absolute Gasteiger partial charge is 0.481 e. The topological polar surface area (TPSA) is 244 Å². The van der Waals surface area contributed by atoms with E-state index < -0.39 is 53.8 Å². The summed E-state index contributed by atoms with van der Waals surface area (Å²) in [7, 11) is 0. The second-order valence-corrected chi connectivity index (χ2v) is 7.81. The van der Waals surface area contributed by atoms with E-state index in [-0.39, 0.29) is 38.3 Å². The molecule has 1 fully saturated rings. The molecule has 1 heterocycles. The summed E-state index contributed by atoms with van der Waals surface area (Å²) >= 11 is 0. The maximum Gasteiger partial charge on any atom is 0.325 e. The van der Waals surface area contributed by atoms with Crippen LogP contribution in [0.1, 0.15) is 45.4 Å². The van der Waals surface area contributed by atoms with Gasteiger partial charge in [-0.1, -0.05) is 0 Å². The van der Waals surface area contributed by atoms with Gasteiger partial charge >= 0.3 is 11.9 Å². The summed E-state index contributed by atoms with van der Waals surface area (Å²) in [5.74, 6) is -4.26. The Morgan fingerprint density at radius 3 is 2.36 bits per heavy atom. The summed E-state index contributed by atoms with van der Waals surface area (Å²) in [5.41, 5.74) is 16.3. The highest BCUT2D eigenvalue weighted by molar-refractivity contribution is 5.94. The first kappa shape index (κ1) is 27.6. The van der Waals surface area contributed by atoms with E-state index in [0.717, 1.165) is 0 Å². The molecule has 0 aliphatic carbocycles. The smallest absolute Gasteiger partial charge is 0.325 e. The fraction of sp³-hybridized carbons (Fsp3) is 0.684. The molecule has 4 unspecified atom stereocenters. The van der Waals surface area contributed by atoms with Crippen LogP contribution >= 0.6 is 0 Å². The molecule has 0 aromatic carbocycles. The second-order valence-electron chi connectivity index (χ2n) is 7.81. The molecule has 14 nitrogen and oxygen atoms in total. The molecular weight excluding hydrogens is 438 g/mol. The number of aliphatic imine (C=N–C) groups is 1. The number of carbonyl (C=O) groups is 5. The lowest BCUT2D eigenvalue weighted by Gasteiger charge is -2.29. The van der Waals surface area contributed by atoms with Crippen LogP contribution in [0, 0.1) is 0 Å². The highest BCUT2D eigenvalue weighted by Crippen LogP contribution is 2.20. The predicted molar refractivity (Wildman–Crippen MR) is 117 cm³/mol. The van der Waals surface area contributed by atoms with Crippen molar-refractivity contribution in [2.75, 3.05) is 13.1 Å². The molecule has 1 saturated heterocycles. The van der Waals surface area contributed by atoms with Crippen molar-refractivity contribution in [3.63, 3.8) is 0 Å². The van der Waals surface area contributed by atoms with Crippen LogP contribution < -0.4 is 27.8 Å². The lowest BCUT2D eigenvalue weighted by Crippen LogP contribution is -2.56. The third-order valence-corrected chi connectivity index (χ3v) is 5.13. The lowest BCUT2D eigenvalue weighted by atomic mass is 10.1. The number of hydrogen-bond acceptors (Lipinski definition) is 7. The van der Waals surface area contributed by atoms with E-state index in [1.165, 1.54) is 11.8 Å². The van der Waals surface area contributed by atoms with Gasteiger partial charge in [-0.3, -0.25) is 29.0 Å². The zero-order valence-electron chi connectivity index (χ0n) is 18.5. The highest BCUT2D eigenvalue weighted by atomic mass is 16.4. The Kier molecular flexibility index (Phi) is 11.0. The first-order valence-corrected chi connectivity index (χ1v) is 10.6. The minimum absolute atomic E-state index is 0.113. The van der Waals surface area contributed by atoms with Gasteiger partial charge < -0.3 is 42.9 Å². The summed E-state index contributed by atoms with van der Waals surface area (Å²) in [6, 6.07) is -4.19. The molecule has 10 N–H and O–H groups in total. The SMILES string of the molecule is CC(NC(=O)C1CCCN1C(=O)C(CCCN=C(N)N)NC(=O)C(N)CCC(=O)O)C(=O)O. The number of nitrogens with one attached hydrogen (secondary N) is 2. The van der Waals surface area contributed by atoms with Gasteiger partial charge in [-0.2, -0.15) is 0 Å². The van der Waals surface area contributed by atoms with Crippen LogP contribution in [0.5, 0.6) is 0 Å². The standard InChI is InChI=1S/C19H33N7O7/c1-10(18(32)33)24-16(30)13-5-3-9-26(13)17(31)12(4-2-8-23-19(21)22)25-15(29)11(20)6-7-14(27)28/h10-13H,2-9,20H2,1H3,(H,24,30)(H,25,29)(H,27,28)(H,32,33)(H4,21,22,23). The fourth-order valence-corrected chi connectivity index (χ4v) is 3.32. The van der Waals surface area contributed by atoms with Gasteiger partial charge in [-0.05, 0) is 39.0 Å². The molecule has 1 rings (SSSR count). The summed E-state index contributed by atoms with van der Waals surface area (Å²) in [6.45, 7) is 1.77. The quantitative estimate of drug-likeness (QED) is 0.0831. The van der Waals surface area contributed by atoms with Crippen LogP contribution in [0.15, 0.2) is 4.99 Å². The first-order valence-electron chi connectivity index (χ1n) is 10.6. The predicted octanol–water partition coefficient (Wildman–Crippen LogP) is -2.70. The number of hydrogen-bond donors (Lipinski definition) is 7. The maximum absolute atomic E-state index is 13.2. The van der Waals surface area contributed by atoms with Crippen LogP contribution in [0.2, 0.25) is 0 Å². The first-order chi connectivity index (χ1) is 15.4. The molecule has 0 saturated carbocycles. The number of nitrogens with two attached hydrogens (primary N) is 3. The van der Waals surface area contributed by atoms with Crippen molar-refractivity contribution in [1.29, 1.82) is 0 Å². The molecule has 0 bridgehead atoms. The normalized spacial score (nSPS) is 18.0. The number of carboxylic acid groups (broad SMARTS) is 2. The number of amides is 3. The third-order valence-electron chi connectivity index (χ3n) is 5.13. The van der Waals surface area contributed by atoms with E-state index in [0.29, 0.717) is 19.3 Å². The zero-order chi connectivity index (χ0) is 25.1. The fourth-order valence-electron chi connectivity index (χ4n) is 3.32. The van der Waals surface area contributed by atoms with Gasteiger partial charge in [0.1, 0.15) is 18.1 Å². The van der Waals surface area contributed by atoms with Crippen LogP contribution in [0.25, 0.3) is 0 Å². The highest BCUT2D eigenvalue weighted by Gasteiger charge is 2.38. The number of carboxylic acids is 2. The summed E-state index contributed by atoms with van der Waals surface area (Å²) < 4.78 is 0. The molecule has 3 amide bonds. The summed E-state index contributed by atoms with van der Waals surface area (Å²) in [6.07, 6.45) is 0.920. The molecule has 0 radical (unpaired) electrons. The average Bonchev–Trinajstić information content (AvgIpc) is 3.23. The van der Waals surface area contributed by atoms with E-state index in [9.17, 15) is 24.0 Å². The second kappa shape index (κ2) is 13.2. The maximum atomic E-state index is 13.2. The molecule has 14 heteroatoms. The lowest BCUT2D eigenvalue weighted by molar-refractivity contribution is -0.144. The van der Waals surface area contributed by atoms with Crippen LogP contribution in [-0.2, 0) is 24.0 Å². The van der Waals surface area contributed by atoms with Crippen molar-refractivity contribution in [3.05, 3.63) is 0 Å². The average molecular weight is 472 g/mol. The molecule has 1 aliphatic rings. The number of likely N-dealkylation sites (tertiary alicyclic amines) is 1. The Morgan fingerprint density at radius 2 is 1.79 bits per heavy atom. The Bertz CT molecular complexity index is 770. The minimum Gasteiger partial charge on any atom is -0.481 e. The van der Waals surface area contributed by atoms with Crippen molar-refractivity contribution in [2.45, 2.75) is 69.6 Å². The Morgan fingerprint density at radius 1 is 1.12 bits per heavy atom. The zero-order valence-corrected chi connectivity index (χ0v) is 18.5. The Labute approximate surface area is 190 Å². The van der Waals surface area contributed by atoms with Gasteiger partial charge in [0.25, 0.3) is 0 Å². The number of carbonyl (C=O) groups excluding carboxylic acids is 3. The van der Waals surface area contributed by atoms with Gasteiger partial charge in [0.2, 0.25) is 17.7 Å². The number of guanidine groups is 1. The number of rotatable bonds is 13. The van der Waals surface area contributed by atoms with Crippen molar-refractivity contribution < 1.29 is 34.2 Å². The monoisotopic (exact) mass is 471 g/mol. The Hall–Kier alpha value is -3.42. The van der Waals surface area contributed by atoms with E-state index >= 15 is 0 Å². The third kappa shape index (κ3) is 9.31. The van der Waals surface area contributed by atoms with Crippen molar-refractivity contribution in [3.8, 4) is 0 Å². The van der Waals surface area contributed by atoms with E-state index in [2.05, 4.69) is 15.6 Å². The van der Waals surface area contributed by atoms with E-state index in [1.54, 1.807) is 0 Å². The van der Waals surface area contributed by atoms with Crippen molar-refractivity contribution >= 4 is 35.6 Å². The van der Waals surface area contributed by atoms with Gasteiger partial charge in [-0.15, -0.1) is 0 Å². The van der Waals surface area contributed by atoms with Crippen LogP contribution in [-0.4, -0.2) is 88.0 Å². The molecule has 186 valence electrons. The number of aliphatic carboxylic acids is 2. The molecule has 1 aliphatic heterocycles. The molecule has 0 aromatic rings. The number of nitrogens with zero attached hydrogens (tertiary/aromatic N) is 2. The molecule has 0 spiro atoms. The van der Waals surface area contributed by atoms with Gasteiger partial charge in [0.15, 0.2) is 5.96 Å². The van der Waals surface area contributed by atoms with Crippen molar-refractivity contribution in [2.24, 2.45) is 22.2 Å². The van der Waals surface area contributed by atoms with Crippen molar-refractivity contribution in [1.82, 2.24) is 15.5 Å². The van der Waals surface area contributed by atoms with Gasteiger partial charge in [0.05, 0.1) is 6.04 Å². The minimum atomic E-state index is -1.21. The molecule has 0 aromatic heterocycles.